The van der Waals surface area contributed by atoms with E-state index in [0.29, 0.717) is 12.5 Å². The second-order valence-electron chi connectivity index (χ2n) is 3.35. The van der Waals surface area contributed by atoms with Crippen LogP contribution in [0.15, 0.2) is 12.3 Å². The number of hydrogen-bond acceptors (Lipinski definition) is 4. The van der Waals surface area contributed by atoms with Crippen molar-refractivity contribution in [3.8, 4) is 11.6 Å². The van der Waals surface area contributed by atoms with Gasteiger partial charge in [-0.05, 0) is 6.42 Å². The second kappa shape index (κ2) is 3.84. The number of aromatic nitrogens is 1. The predicted octanol–water partition coefficient (Wildman–Crippen LogP) is 1.30. The van der Waals surface area contributed by atoms with Gasteiger partial charge in [-0.3, -0.25) is 0 Å². The number of ether oxygens (including phenoxy) is 2. The van der Waals surface area contributed by atoms with E-state index in [4.69, 9.17) is 9.47 Å². The van der Waals surface area contributed by atoms with Crippen LogP contribution in [-0.4, -0.2) is 30.4 Å². The van der Waals surface area contributed by atoms with Gasteiger partial charge < -0.3 is 14.6 Å². The van der Waals surface area contributed by atoms with Crippen molar-refractivity contribution >= 4 is 0 Å². The van der Waals surface area contributed by atoms with Crippen molar-refractivity contribution < 1.29 is 14.6 Å². The monoisotopic (exact) mass is 195 g/mol. The first-order chi connectivity index (χ1) is 6.81. The molecule has 0 spiro atoms. The fraction of sp³-hybridized carbons (Fsp3) is 0.500. The van der Waals surface area contributed by atoms with Gasteiger partial charge in [0.1, 0.15) is 5.75 Å². The minimum atomic E-state index is 0.243. The maximum atomic E-state index is 9.71. The molecule has 1 aromatic rings. The van der Waals surface area contributed by atoms with Gasteiger partial charge in [0.2, 0.25) is 5.88 Å². The third-order valence-electron chi connectivity index (χ3n) is 2.47. The van der Waals surface area contributed by atoms with Gasteiger partial charge in [-0.1, -0.05) is 0 Å². The largest absolute Gasteiger partial charge is 0.507 e. The average Bonchev–Trinajstić information content (AvgIpc) is 2.70. The molecule has 0 amide bonds. The zero-order valence-corrected chi connectivity index (χ0v) is 8.06. The number of rotatable bonds is 2. The van der Waals surface area contributed by atoms with Gasteiger partial charge in [0.15, 0.2) is 0 Å². The summed E-state index contributed by atoms with van der Waals surface area (Å²) in [5.74, 6) is 0.950. The molecule has 0 aromatic carbocycles. The first kappa shape index (κ1) is 9.27. The molecule has 0 unspecified atom stereocenters. The zero-order valence-electron chi connectivity index (χ0n) is 8.06. The van der Waals surface area contributed by atoms with Crippen LogP contribution < -0.4 is 4.74 Å². The molecule has 0 bridgehead atoms. The molecule has 1 aliphatic heterocycles. The van der Waals surface area contributed by atoms with Crippen molar-refractivity contribution in [3.05, 3.63) is 17.8 Å². The highest BCUT2D eigenvalue weighted by Crippen LogP contribution is 2.32. The van der Waals surface area contributed by atoms with Crippen molar-refractivity contribution in [1.82, 2.24) is 4.98 Å². The molecule has 0 radical (unpaired) electrons. The van der Waals surface area contributed by atoms with Crippen molar-refractivity contribution in [1.29, 1.82) is 0 Å². The van der Waals surface area contributed by atoms with E-state index in [1.807, 2.05) is 0 Å². The molecule has 1 fully saturated rings. The number of aromatic hydroxyl groups is 1. The van der Waals surface area contributed by atoms with Gasteiger partial charge >= 0.3 is 0 Å². The van der Waals surface area contributed by atoms with Crippen LogP contribution in [0, 0.1) is 0 Å². The van der Waals surface area contributed by atoms with E-state index >= 15 is 0 Å². The molecule has 1 N–H and O–H groups in total. The highest BCUT2D eigenvalue weighted by Gasteiger charge is 2.21. The lowest BCUT2D eigenvalue weighted by atomic mass is 10.00. The summed E-state index contributed by atoms with van der Waals surface area (Å²) in [6.07, 6.45) is 2.61. The van der Waals surface area contributed by atoms with Crippen LogP contribution in [0.2, 0.25) is 0 Å². The Hall–Kier alpha value is -1.29. The maximum Gasteiger partial charge on any atom is 0.216 e. The molecule has 4 nitrogen and oxygen atoms in total. The number of nitrogens with zero attached hydrogens (tertiary/aromatic N) is 1. The molecule has 1 aromatic heterocycles. The van der Waals surface area contributed by atoms with Crippen LogP contribution in [0.25, 0.3) is 0 Å². The van der Waals surface area contributed by atoms with Gasteiger partial charge in [0, 0.05) is 30.4 Å². The third-order valence-corrected chi connectivity index (χ3v) is 2.47. The lowest BCUT2D eigenvalue weighted by Gasteiger charge is -2.10. The summed E-state index contributed by atoms with van der Waals surface area (Å²) < 4.78 is 10.2. The number of pyridine rings is 1. The quantitative estimate of drug-likeness (QED) is 0.772. The molecule has 76 valence electrons. The number of hydrogen-bond donors (Lipinski definition) is 1. The highest BCUT2D eigenvalue weighted by molar-refractivity contribution is 5.37. The van der Waals surface area contributed by atoms with Crippen molar-refractivity contribution in [2.24, 2.45) is 0 Å². The van der Waals surface area contributed by atoms with Crippen LogP contribution in [0.3, 0.4) is 0 Å². The first-order valence-corrected chi connectivity index (χ1v) is 4.62. The summed E-state index contributed by atoms with van der Waals surface area (Å²) in [5.41, 5.74) is 0.850. The summed E-state index contributed by atoms with van der Waals surface area (Å²) in [6.45, 7) is 1.43. The van der Waals surface area contributed by atoms with Gasteiger partial charge in [-0.2, -0.15) is 0 Å². The third kappa shape index (κ3) is 1.65. The van der Waals surface area contributed by atoms with Crippen LogP contribution in [0.1, 0.15) is 17.9 Å². The Morgan fingerprint density at radius 1 is 1.64 bits per heavy atom. The normalized spacial score (nSPS) is 21.1. The SMILES string of the molecule is COc1cc(O)c([C@H]2CCOC2)cn1. The molecule has 1 aliphatic rings. The summed E-state index contributed by atoms with van der Waals surface area (Å²) in [4.78, 5) is 4.06. The summed E-state index contributed by atoms with van der Waals surface area (Å²) in [5, 5.41) is 9.71. The minimum absolute atomic E-state index is 0.243. The lowest BCUT2D eigenvalue weighted by Crippen LogP contribution is -1.99. The predicted molar refractivity (Wildman–Crippen MR) is 50.6 cm³/mol. The molecular formula is C10H13NO3. The Bertz CT molecular complexity index is 321. The zero-order chi connectivity index (χ0) is 9.97. The van der Waals surface area contributed by atoms with E-state index in [1.54, 1.807) is 6.20 Å². The van der Waals surface area contributed by atoms with Crippen LogP contribution >= 0.6 is 0 Å². The van der Waals surface area contributed by atoms with E-state index in [2.05, 4.69) is 4.98 Å². The summed E-state index contributed by atoms with van der Waals surface area (Å²) in [7, 11) is 1.53. The Morgan fingerprint density at radius 2 is 2.50 bits per heavy atom. The topological polar surface area (TPSA) is 51.6 Å². The van der Waals surface area contributed by atoms with E-state index in [-0.39, 0.29) is 11.7 Å². The summed E-state index contributed by atoms with van der Waals surface area (Å²) >= 11 is 0. The molecule has 2 rings (SSSR count). The molecule has 2 heterocycles. The molecule has 1 atom stereocenters. The van der Waals surface area contributed by atoms with Gasteiger partial charge in [-0.15, -0.1) is 0 Å². The average molecular weight is 195 g/mol. The van der Waals surface area contributed by atoms with E-state index in [9.17, 15) is 5.11 Å². The van der Waals surface area contributed by atoms with Crippen LogP contribution in [0.5, 0.6) is 11.6 Å². The fourth-order valence-electron chi connectivity index (χ4n) is 1.64. The molecule has 0 aliphatic carbocycles. The highest BCUT2D eigenvalue weighted by atomic mass is 16.5. The molecule has 0 saturated carbocycles. The van der Waals surface area contributed by atoms with Gasteiger partial charge in [-0.25, -0.2) is 4.98 Å². The van der Waals surface area contributed by atoms with Gasteiger partial charge in [0.05, 0.1) is 13.7 Å². The molecular weight excluding hydrogens is 182 g/mol. The first-order valence-electron chi connectivity index (χ1n) is 4.62. The Labute approximate surface area is 82.5 Å². The molecule has 4 heteroatoms. The summed E-state index contributed by atoms with van der Waals surface area (Å²) in [6, 6.07) is 1.54. The standard InChI is InChI=1S/C10H13NO3/c1-13-10-4-9(12)8(5-11-10)7-2-3-14-6-7/h4-5,7H,2-3,6H2,1H3,(H,11,12)/t7-/m0/s1. The fourth-order valence-corrected chi connectivity index (χ4v) is 1.64. The molecule has 1 saturated heterocycles. The Morgan fingerprint density at radius 3 is 3.07 bits per heavy atom. The minimum Gasteiger partial charge on any atom is -0.507 e. The van der Waals surface area contributed by atoms with E-state index in [0.717, 1.165) is 18.6 Å². The number of methoxy groups -OCH3 is 1. The van der Waals surface area contributed by atoms with Crippen molar-refractivity contribution in [2.45, 2.75) is 12.3 Å². The van der Waals surface area contributed by atoms with Crippen LogP contribution in [-0.2, 0) is 4.74 Å². The van der Waals surface area contributed by atoms with E-state index < -0.39 is 0 Å². The Balaban J connectivity index is 2.25. The Kier molecular flexibility index (Phi) is 2.54. The van der Waals surface area contributed by atoms with Crippen LogP contribution in [0.4, 0.5) is 0 Å². The van der Waals surface area contributed by atoms with E-state index in [1.165, 1.54) is 13.2 Å². The van der Waals surface area contributed by atoms with Crippen molar-refractivity contribution in [2.75, 3.05) is 20.3 Å². The maximum absolute atomic E-state index is 9.71. The van der Waals surface area contributed by atoms with Gasteiger partial charge in [0.25, 0.3) is 0 Å². The molecule has 14 heavy (non-hydrogen) atoms. The smallest absolute Gasteiger partial charge is 0.216 e. The van der Waals surface area contributed by atoms with Crippen molar-refractivity contribution in [3.63, 3.8) is 0 Å². The second-order valence-corrected chi connectivity index (χ2v) is 3.35. The lowest BCUT2D eigenvalue weighted by molar-refractivity contribution is 0.193.